The van der Waals surface area contributed by atoms with Gasteiger partial charge in [0.2, 0.25) is 0 Å². The number of aromatic nitrogens is 12. The van der Waals surface area contributed by atoms with Crippen LogP contribution in [0.3, 0.4) is 0 Å². The number of H-pyrrole nitrogens is 2. The minimum absolute atomic E-state index is 0.296. The normalized spacial score (nSPS) is 14.5. The second-order valence-electron chi connectivity index (χ2n) is 13.6. The van der Waals surface area contributed by atoms with E-state index in [1.165, 1.54) is 6.20 Å². The largest absolute Gasteiger partial charge is 0.516 e. The number of rotatable bonds is 4. The first-order valence-electron chi connectivity index (χ1n) is 16.9. The highest BCUT2D eigenvalue weighted by molar-refractivity contribution is 6.61. The summed E-state index contributed by atoms with van der Waals surface area (Å²) in [7, 11) is 3.39. The first kappa shape index (κ1) is 36.2. The Hall–Kier alpha value is -6.17. The average Bonchev–Trinajstić information content (AvgIpc) is 3.97. The Balaban J connectivity index is 0.000000128. The number of nitrogens with one attached hydrogen (secondary N) is 2. The lowest BCUT2D eigenvalue weighted by atomic mass is 9.85. The van der Waals surface area contributed by atoms with Gasteiger partial charge >= 0.3 is 7.12 Å². The van der Waals surface area contributed by atoms with Crippen LogP contribution in [0.1, 0.15) is 27.7 Å². The molecule has 1 aliphatic rings. The number of hydrogen-bond donors (Lipinski definition) is 4. The summed E-state index contributed by atoms with van der Waals surface area (Å²) in [5.41, 5.74) is 18.1. The molecule has 1 saturated heterocycles. The van der Waals surface area contributed by atoms with E-state index in [9.17, 15) is 0 Å². The Morgan fingerprint density at radius 3 is 1.74 bits per heavy atom. The zero-order valence-electron chi connectivity index (χ0n) is 30.5. The second kappa shape index (κ2) is 14.3. The molecule has 6 aromatic heterocycles. The first-order valence-corrected chi connectivity index (χ1v) is 17.3. The van der Waals surface area contributed by atoms with Crippen LogP contribution in [0, 0.1) is 0 Å². The topological polar surface area (TPSA) is 215 Å². The lowest BCUT2D eigenvalue weighted by molar-refractivity contribution is 0.00578. The number of halogens is 1. The highest BCUT2D eigenvalue weighted by Crippen LogP contribution is 2.36. The van der Waals surface area contributed by atoms with Crippen LogP contribution in [-0.4, -0.2) is 78.2 Å². The van der Waals surface area contributed by atoms with Crippen LogP contribution >= 0.6 is 11.6 Å². The molecule has 54 heavy (non-hydrogen) atoms. The van der Waals surface area contributed by atoms with Crippen molar-refractivity contribution in [3.63, 3.8) is 0 Å². The Morgan fingerprint density at radius 2 is 1.20 bits per heavy atom. The van der Waals surface area contributed by atoms with Gasteiger partial charge in [0.05, 0.1) is 58.3 Å². The van der Waals surface area contributed by atoms with Crippen molar-refractivity contribution in [1.29, 1.82) is 0 Å². The van der Waals surface area contributed by atoms with E-state index < -0.39 is 0 Å². The van der Waals surface area contributed by atoms with Crippen molar-refractivity contribution in [3.05, 3.63) is 90.9 Å². The number of aryl methyl sites for hydroxylation is 2. The van der Waals surface area contributed by atoms with Gasteiger partial charge in [-0.1, -0.05) is 23.7 Å². The zero-order valence-corrected chi connectivity index (χ0v) is 31.2. The standard InChI is InChI=1S/C15H13N7.C11H8ClN5.C10H17BN2O2/c1-22-5-4-12(21-22)15-14(17-8-13(16)19-15)9-2-3-11-10(6-9)7-18-20-11;12-11-10(14-5-9(13)16-11)6-1-2-8-7(3-6)4-15-17-8;1-9(2)10(3,4)15-11(14-9)8-6-7-13(5)12-8/h2-8H,1H3,(H2,16,19)(H,18,20);1-5H,(H2,13,16)(H,15,17);6-7H,1-5H3. The maximum absolute atomic E-state index is 6.01. The summed E-state index contributed by atoms with van der Waals surface area (Å²) in [5, 5.41) is 24.8. The Bertz CT molecular complexity index is 2560. The highest BCUT2D eigenvalue weighted by Gasteiger charge is 2.52. The molecule has 0 aliphatic carbocycles. The van der Waals surface area contributed by atoms with Crippen LogP contribution in [-0.2, 0) is 23.4 Å². The van der Waals surface area contributed by atoms with Gasteiger partial charge in [0.15, 0.2) is 5.15 Å². The van der Waals surface area contributed by atoms with E-state index in [0.29, 0.717) is 28.2 Å². The van der Waals surface area contributed by atoms with Crippen molar-refractivity contribution in [2.45, 2.75) is 38.9 Å². The Morgan fingerprint density at radius 1 is 0.667 bits per heavy atom. The molecular weight excluding hydrogens is 707 g/mol. The molecule has 0 atom stereocenters. The fraction of sp³-hybridized carbons (Fsp3) is 0.222. The van der Waals surface area contributed by atoms with Crippen molar-refractivity contribution in [2.75, 3.05) is 11.5 Å². The molecule has 0 bridgehead atoms. The van der Waals surface area contributed by atoms with Gasteiger partial charge in [-0.25, -0.2) is 15.0 Å². The molecule has 1 aliphatic heterocycles. The molecule has 274 valence electrons. The Labute approximate surface area is 315 Å². The number of hydrogen-bond acceptors (Lipinski definition) is 12. The Kier molecular flexibility index (Phi) is 9.61. The van der Waals surface area contributed by atoms with E-state index in [4.69, 9.17) is 32.4 Å². The van der Waals surface area contributed by atoms with Crippen LogP contribution in [0.15, 0.2) is 85.7 Å². The van der Waals surface area contributed by atoms with E-state index in [2.05, 4.69) is 50.5 Å². The molecular formula is C36H38BClN14O2. The predicted molar refractivity (Wildman–Crippen MR) is 209 cm³/mol. The number of aromatic amines is 2. The van der Waals surface area contributed by atoms with Crippen LogP contribution < -0.4 is 17.1 Å². The summed E-state index contributed by atoms with van der Waals surface area (Å²) in [6, 6.07) is 15.6. The summed E-state index contributed by atoms with van der Waals surface area (Å²) in [6.45, 7) is 8.15. The second-order valence-corrected chi connectivity index (χ2v) is 14.0. The van der Waals surface area contributed by atoms with E-state index in [-0.39, 0.29) is 18.3 Å². The number of nitrogen functional groups attached to an aromatic ring is 2. The number of nitrogens with zero attached hydrogens (tertiary/aromatic N) is 10. The molecule has 0 unspecified atom stereocenters. The lowest BCUT2D eigenvalue weighted by Crippen LogP contribution is -2.41. The minimum atomic E-state index is -0.351. The number of fused-ring (bicyclic) bond motifs is 2. The molecule has 7 heterocycles. The maximum atomic E-state index is 6.01. The summed E-state index contributed by atoms with van der Waals surface area (Å²) in [5.74, 6) is 0.678. The molecule has 0 amide bonds. The molecule has 0 spiro atoms. The average molecular weight is 745 g/mol. The summed E-state index contributed by atoms with van der Waals surface area (Å²) >= 11 is 6.01. The van der Waals surface area contributed by atoms with E-state index >= 15 is 0 Å². The third-order valence-corrected chi connectivity index (χ3v) is 9.42. The predicted octanol–water partition coefficient (Wildman–Crippen LogP) is 4.98. The maximum Gasteiger partial charge on any atom is 0.516 e. The van der Waals surface area contributed by atoms with E-state index in [1.807, 2.05) is 103 Å². The molecule has 1 fully saturated rings. The van der Waals surface area contributed by atoms with Gasteiger partial charge in [0, 0.05) is 48.4 Å². The van der Waals surface area contributed by atoms with Gasteiger partial charge < -0.3 is 20.8 Å². The van der Waals surface area contributed by atoms with Crippen molar-refractivity contribution in [2.24, 2.45) is 14.1 Å². The molecule has 6 N–H and O–H groups in total. The minimum Gasteiger partial charge on any atom is -0.398 e. The van der Waals surface area contributed by atoms with Crippen LogP contribution in [0.25, 0.3) is 55.7 Å². The van der Waals surface area contributed by atoms with E-state index in [1.54, 1.807) is 28.0 Å². The molecule has 2 aromatic carbocycles. The van der Waals surface area contributed by atoms with Gasteiger partial charge in [0.25, 0.3) is 0 Å². The smallest absolute Gasteiger partial charge is 0.398 e. The van der Waals surface area contributed by atoms with Crippen molar-refractivity contribution >= 4 is 57.8 Å². The number of anilines is 2. The van der Waals surface area contributed by atoms with Crippen molar-refractivity contribution in [1.82, 2.24) is 59.9 Å². The van der Waals surface area contributed by atoms with Gasteiger partial charge in [-0.3, -0.25) is 24.5 Å². The monoisotopic (exact) mass is 744 g/mol. The third kappa shape index (κ3) is 7.50. The summed E-state index contributed by atoms with van der Waals surface area (Å²) in [6.07, 6.45) is 10.3. The SMILES string of the molecule is Cn1ccc(-c2nc(N)cnc2-c2ccc3[nH]ncc3c2)n1.Cn1ccc(B2OC(C)(C)C(C)(C)O2)n1.Nc1cnc(-c2ccc3[nH]ncc3c2)c(Cl)n1. The van der Waals surface area contributed by atoms with Gasteiger partial charge in [-0.15, -0.1) is 0 Å². The molecule has 18 heteroatoms. The highest BCUT2D eigenvalue weighted by atomic mass is 35.5. The quantitative estimate of drug-likeness (QED) is 0.176. The molecule has 0 radical (unpaired) electrons. The van der Waals surface area contributed by atoms with E-state index in [0.717, 1.165) is 49.9 Å². The number of nitrogens with two attached hydrogens (primary N) is 2. The fourth-order valence-corrected chi connectivity index (χ4v) is 5.86. The third-order valence-electron chi connectivity index (χ3n) is 9.15. The molecule has 8 aromatic rings. The van der Waals surface area contributed by atoms with Gasteiger partial charge in [-0.2, -0.15) is 20.4 Å². The summed E-state index contributed by atoms with van der Waals surface area (Å²) in [4.78, 5) is 17.0. The van der Waals surface area contributed by atoms with Crippen LogP contribution in [0.2, 0.25) is 5.15 Å². The molecule has 16 nitrogen and oxygen atoms in total. The van der Waals surface area contributed by atoms with Crippen molar-refractivity contribution < 1.29 is 9.31 Å². The van der Waals surface area contributed by atoms with Crippen LogP contribution in [0.4, 0.5) is 11.6 Å². The molecule has 0 saturated carbocycles. The first-order chi connectivity index (χ1) is 25.8. The van der Waals surface area contributed by atoms with Crippen molar-refractivity contribution in [3.8, 4) is 33.9 Å². The summed E-state index contributed by atoms with van der Waals surface area (Å²) < 4.78 is 15.2. The van der Waals surface area contributed by atoms with Gasteiger partial charge in [-0.05, 0) is 64.1 Å². The lowest BCUT2D eigenvalue weighted by Gasteiger charge is -2.32. The van der Waals surface area contributed by atoms with Crippen LogP contribution in [0.5, 0.6) is 0 Å². The molecule has 9 rings (SSSR count). The van der Waals surface area contributed by atoms with Gasteiger partial charge in [0.1, 0.15) is 28.7 Å². The zero-order chi connectivity index (χ0) is 38.2. The fourth-order valence-electron chi connectivity index (χ4n) is 5.61. The number of benzene rings is 2.